The lowest BCUT2D eigenvalue weighted by atomic mass is 10.0. The minimum absolute atomic E-state index is 0.298. The third-order valence-corrected chi connectivity index (χ3v) is 6.50. The van der Waals surface area contributed by atoms with Gasteiger partial charge in [-0.3, -0.25) is 4.79 Å². The third kappa shape index (κ3) is 3.48. The highest BCUT2D eigenvalue weighted by atomic mass is 35.5. The van der Waals surface area contributed by atoms with Crippen molar-refractivity contribution in [1.82, 2.24) is 0 Å². The first-order valence-electron chi connectivity index (χ1n) is 8.33. The van der Waals surface area contributed by atoms with Gasteiger partial charge in [-0.2, -0.15) is 0 Å². The fourth-order valence-electron chi connectivity index (χ4n) is 2.64. The fraction of sp³-hybridized carbons (Fsp3) is 0.368. The number of amides is 1. The molecule has 4 nitrogen and oxygen atoms in total. The topological polar surface area (TPSA) is 55.4 Å². The highest BCUT2D eigenvalue weighted by Gasteiger charge is 2.68. The minimum Gasteiger partial charge on any atom is -0.462 e. The van der Waals surface area contributed by atoms with Gasteiger partial charge in [-0.05, 0) is 25.3 Å². The van der Waals surface area contributed by atoms with Crippen LogP contribution in [0.25, 0.3) is 11.1 Å². The van der Waals surface area contributed by atoms with Crippen LogP contribution in [0.1, 0.15) is 37.0 Å². The first kappa shape index (κ1) is 19.2. The molecule has 1 N–H and O–H groups in total. The van der Waals surface area contributed by atoms with Crippen LogP contribution in [0.4, 0.5) is 5.00 Å². The molecule has 0 radical (unpaired) electrons. The molecular weight excluding hydrogens is 393 g/mol. The van der Waals surface area contributed by atoms with E-state index in [1.165, 1.54) is 11.3 Å². The molecular formula is C19H19Cl2NO3S. The second kappa shape index (κ2) is 7.22. The van der Waals surface area contributed by atoms with Gasteiger partial charge in [-0.15, -0.1) is 34.5 Å². The zero-order chi connectivity index (χ0) is 18.9. The molecule has 1 aromatic carbocycles. The molecule has 0 aliphatic heterocycles. The Labute approximate surface area is 166 Å². The Balaban J connectivity index is 1.94. The number of nitrogens with one attached hydrogen (secondary N) is 1. The molecule has 1 saturated carbocycles. The standard InChI is InChI=1S/C19H19Cl2NO3S/c1-3-9-25-16(23)14-13(12-7-5-4-6-8-12)10-26-15(14)22-17(24)18(2)11-19(18,20)21/h4-8,10H,3,9,11H2,1-2H3,(H,22,24)/t18-/m1/s1. The molecule has 1 aliphatic carbocycles. The molecule has 1 aliphatic rings. The number of anilines is 1. The molecule has 1 heterocycles. The lowest BCUT2D eigenvalue weighted by Gasteiger charge is -2.13. The maximum absolute atomic E-state index is 12.6. The number of rotatable bonds is 6. The van der Waals surface area contributed by atoms with E-state index in [9.17, 15) is 9.59 Å². The first-order chi connectivity index (χ1) is 12.3. The molecule has 0 saturated heterocycles. The number of carbonyl (C=O) groups excluding carboxylic acids is 2. The molecule has 1 amide bonds. The van der Waals surface area contributed by atoms with Gasteiger partial charge in [0.25, 0.3) is 0 Å². The Hall–Kier alpha value is -1.56. The summed E-state index contributed by atoms with van der Waals surface area (Å²) in [4.78, 5) is 25.3. The van der Waals surface area contributed by atoms with Crippen molar-refractivity contribution in [3.8, 4) is 11.1 Å². The minimum atomic E-state index is -1.07. The van der Waals surface area contributed by atoms with E-state index in [1.54, 1.807) is 6.92 Å². The van der Waals surface area contributed by atoms with Crippen LogP contribution in [0, 0.1) is 5.41 Å². The summed E-state index contributed by atoms with van der Waals surface area (Å²) in [5, 5.41) is 5.12. The van der Waals surface area contributed by atoms with Crippen molar-refractivity contribution in [2.45, 2.75) is 31.0 Å². The largest absolute Gasteiger partial charge is 0.462 e. The zero-order valence-corrected chi connectivity index (χ0v) is 16.8. The molecule has 1 aromatic heterocycles. The maximum atomic E-state index is 12.6. The van der Waals surface area contributed by atoms with E-state index in [1.807, 2.05) is 42.6 Å². The number of ether oxygens (including phenoxy) is 1. The van der Waals surface area contributed by atoms with Gasteiger partial charge in [-0.25, -0.2) is 4.79 Å². The molecule has 0 spiro atoms. The summed E-state index contributed by atoms with van der Waals surface area (Å²) in [7, 11) is 0. The summed E-state index contributed by atoms with van der Waals surface area (Å²) < 4.78 is 4.26. The van der Waals surface area contributed by atoms with E-state index in [2.05, 4.69) is 5.32 Å². The van der Waals surface area contributed by atoms with Gasteiger partial charge < -0.3 is 10.1 Å². The lowest BCUT2D eigenvalue weighted by Crippen LogP contribution is -2.26. The van der Waals surface area contributed by atoms with Gasteiger partial charge in [0.1, 0.15) is 14.9 Å². The first-order valence-corrected chi connectivity index (χ1v) is 9.97. The Morgan fingerprint density at radius 3 is 2.50 bits per heavy atom. The van der Waals surface area contributed by atoms with Crippen molar-refractivity contribution < 1.29 is 14.3 Å². The highest BCUT2D eigenvalue weighted by molar-refractivity contribution is 7.15. The molecule has 2 aromatic rings. The van der Waals surface area contributed by atoms with E-state index in [0.717, 1.165) is 17.5 Å². The van der Waals surface area contributed by atoms with E-state index in [0.29, 0.717) is 23.6 Å². The molecule has 0 bridgehead atoms. The average Bonchev–Trinajstić information content (AvgIpc) is 2.95. The van der Waals surface area contributed by atoms with Crippen molar-refractivity contribution in [3.63, 3.8) is 0 Å². The Bertz CT molecular complexity index is 835. The van der Waals surface area contributed by atoms with Gasteiger partial charge in [-0.1, -0.05) is 37.3 Å². The summed E-state index contributed by atoms with van der Waals surface area (Å²) in [6.45, 7) is 3.96. The molecule has 1 atom stereocenters. The van der Waals surface area contributed by atoms with Crippen LogP contribution in [-0.4, -0.2) is 22.8 Å². The van der Waals surface area contributed by atoms with E-state index in [4.69, 9.17) is 27.9 Å². The van der Waals surface area contributed by atoms with Crippen LogP contribution in [0.2, 0.25) is 0 Å². The number of hydrogen-bond acceptors (Lipinski definition) is 4. The SMILES string of the molecule is CCCOC(=O)c1c(-c2ccccc2)csc1NC(=O)[C@@]1(C)CC1(Cl)Cl. The van der Waals surface area contributed by atoms with Crippen LogP contribution >= 0.6 is 34.5 Å². The lowest BCUT2D eigenvalue weighted by molar-refractivity contribution is -0.120. The van der Waals surface area contributed by atoms with E-state index >= 15 is 0 Å². The molecule has 3 rings (SSSR count). The maximum Gasteiger partial charge on any atom is 0.341 e. The van der Waals surface area contributed by atoms with Gasteiger partial charge in [0.05, 0.1) is 12.0 Å². The van der Waals surface area contributed by atoms with Crippen molar-refractivity contribution in [1.29, 1.82) is 0 Å². The molecule has 7 heteroatoms. The number of esters is 1. The smallest absolute Gasteiger partial charge is 0.341 e. The quantitative estimate of drug-likeness (QED) is 0.503. The fourth-order valence-corrected chi connectivity index (χ4v) is 4.30. The van der Waals surface area contributed by atoms with Crippen LogP contribution in [0.3, 0.4) is 0 Å². The zero-order valence-electron chi connectivity index (χ0n) is 14.5. The van der Waals surface area contributed by atoms with Crippen molar-refractivity contribution in [2.75, 3.05) is 11.9 Å². The molecule has 1 fully saturated rings. The summed E-state index contributed by atoms with van der Waals surface area (Å²) in [6, 6.07) is 9.52. The van der Waals surface area contributed by atoms with Crippen LogP contribution in [0.15, 0.2) is 35.7 Å². The number of thiophene rings is 1. The average molecular weight is 412 g/mol. The Kier molecular flexibility index (Phi) is 5.33. The molecule has 26 heavy (non-hydrogen) atoms. The van der Waals surface area contributed by atoms with Gasteiger partial charge in [0.15, 0.2) is 0 Å². The van der Waals surface area contributed by atoms with Crippen molar-refractivity contribution >= 4 is 51.4 Å². The number of benzene rings is 1. The van der Waals surface area contributed by atoms with Gasteiger partial charge in [0.2, 0.25) is 5.91 Å². The number of carbonyl (C=O) groups is 2. The monoisotopic (exact) mass is 411 g/mol. The van der Waals surface area contributed by atoms with Crippen molar-refractivity contribution in [3.05, 3.63) is 41.3 Å². The van der Waals surface area contributed by atoms with E-state index < -0.39 is 15.7 Å². The highest BCUT2D eigenvalue weighted by Crippen LogP contribution is 2.64. The number of alkyl halides is 2. The number of hydrogen-bond donors (Lipinski definition) is 1. The predicted molar refractivity (Wildman–Crippen MR) is 106 cm³/mol. The normalized spacial score (nSPS) is 20.5. The predicted octanol–water partition coefficient (Wildman–Crippen LogP) is 5.50. The molecule has 138 valence electrons. The third-order valence-electron chi connectivity index (χ3n) is 4.50. The van der Waals surface area contributed by atoms with Crippen molar-refractivity contribution in [2.24, 2.45) is 5.41 Å². The van der Waals surface area contributed by atoms with Crippen LogP contribution in [0.5, 0.6) is 0 Å². The van der Waals surface area contributed by atoms with Gasteiger partial charge in [0, 0.05) is 10.9 Å². The van der Waals surface area contributed by atoms with Crippen LogP contribution in [-0.2, 0) is 9.53 Å². The molecule has 0 unspecified atom stereocenters. The number of halogens is 2. The summed E-state index contributed by atoms with van der Waals surface area (Å²) in [5.41, 5.74) is 1.12. The second-order valence-corrected chi connectivity index (χ2v) is 8.89. The van der Waals surface area contributed by atoms with Gasteiger partial charge >= 0.3 is 5.97 Å². The summed E-state index contributed by atoms with van der Waals surface area (Å²) in [6.07, 6.45) is 1.10. The van der Waals surface area contributed by atoms with Crippen LogP contribution < -0.4 is 5.32 Å². The summed E-state index contributed by atoms with van der Waals surface area (Å²) >= 11 is 13.5. The second-order valence-electron chi connectivity index (χ2n) is 6.52. The van der Waals surface area contributed by atoms with E-state index in [-0.39, 0.29) is 5.91 Å². The Morgan fingerprint density at radius 1 is 1.27 bits per heavy atom. The summed E-state index contributed by atoms with van der Waals surface area (Å²) in [5.74, 6) is -0.750. The Morgan fingerprint density at radius 2 is 1.92 bits per heavy atom.